The van der Waals surface area contributed by atoms with E-state index in [1.54, 1.807) is 0 Å². The van der Waals surface area contributed by atoms with Crippen molar-refractivity contribution in [2.45, 2.75) is 38.1 Å². The summed E-state index contributed by atoms with van der Waals surface area (Å²) in [5.41, 5.74) is 6.83. The molecule has 0 saturated heterocycles. The van der Waals surface area contributed by atoms with Crippen molar-refractivity contribution in [2.24, 2.45) is 5.73 Å². The van der Waals surface area contributed by atoms with Crippen molar-refractivity contribution in [2.75, 3.05) is 13.2 Å². The van der Waals surface area contributed by atoms with Gasteiger partial charge in [-0.2, -0.15) is 0 Å². The minimum atomic E-state index is -0.0946. The molecule has 19 heavy (non-hydrogen) atoms. The molecule has 2 unspecified atom stereocenters. The Balaban J connectivity index is 1.93. The van der Waals surface area contributed by atoms with Crippen molar-refractivity contribution < 1.29 is 9.53 Å². The van der Waals surface area contributed by atoms with Crippen LogP contribution in [-0.2, 0) is 4.79 Å². The summed E-state index contributed by atoms with van der Waals surface area (Å²) in [5, 5.41) is 2.98. The molecule has 0 bridgehead atoms. The minimum absolute atomic E-state index is 0.0825. The van der Waals surface area contributed by atoms with Gasteiger partial charge in [0.05, 0.1) is 12.5 Å². The molecule has 1 aromatic carbocycles. The van der Waals surface area contributed by atoms with Gasteiger partial charge in [-0.3, -0.25) is 4.79 Å². The van der Waals surface area contributed by atoms with E-state index in [-0.39, 0.29) is 17.9 Å². The van der Waals surface area contributed by atoms with Crippen LogP contribution in [0.5, 0.6) is 5.75 Å². The average molecular weight is 262 g/mol. The molecule has 1 aliphatic rings. The Morgan fingerprint density at radius 2 is 2.32 bits per heavy atom. The number of nitrogens with one attached hydrogen (secondary N) is 1. The van der Waals surface area contributed by atoms with Gasteiger partial charge in [-0.15, -0.1) is 0 Å². The van der Waals surface area contributed by atoms with Crippen LogP contribution in [0.15, 0.2) is 24.3 Å². The molecule has 0 saturated carbocycles. The zero-order valence-electron chi connectivity index (χ0n) is 11.4. The maximum atomic E-state index is 12.2. The van der Waals surface area contributed by atoms with E-state index in [0.29, 0.717) is 13.2 Å². The monoisotopic (exact) mass is 262 g/mol. The number of rotatable bonds is 5. The van der Waals surface area contributed by atoms with Gasteiger partial charge in [-0.25, -0.2) is 0 Å². The molecule has 2 rings (SSSR count). The second-order valence-electron chi connectivity index (χ2n) is 4.98. The highest BCUT2D eigenvalue weighted by Gasteiger charge is 2.26. The van der Waals surface area contributed by atoms with Crippen LogP contribution >= 0.6 is 0 Å². The zero-order chi connectivity index (χ0) is 13.7. The van der Waals surface area contributed by atoms with E-state index < -0.39 is 0 Å². The van der Waals surface area contributed by atoms with Gasteiger partial charge < -0.3 is 15.8 Å². The Bertz CT molecular complexity index is 434. The predicted molar refractivity (Wildman–Crippen MR) is 75.2 cm³/mol. The van der Waals surface area contributed by atoms with Crippen molar-refractivity contribution in [1.29, 1.82) is 0 Å². The number of hydrogen-bond donors (Lipinski definition) is 2. The van der Waals surface area contributed by atoms with E-state index in [1.807, 2.05) is 24.3 Å². The number of nitrogens with two attached hydrogens (primary N) is 1. The Hall–Kier alpha value is -1.55. The molecule has 0 aromatic heterocycles. The topological polar surface area (TPSA) is 64.3 Å². The number of carbonyl (C=O) groups is 1. The molecule has 1 aliphatic heterocycles. The Labute approximate surface area is 114 Å². The lowest BCUT2D eigenvalue weighted by molar-refractivity contribution is -0.123. The van der Waals surface area contributed by atoms with E-state index in [9.17, 15) is 4.79 Å². The van der Waals surface area contributed by atoms with E-state index in [1.165, 1.54) is 0 Å². The Kier molecular flexibility index (Phi) is 4.80. The lowest BCUT2D eigenvalue weighted by Crippen LogP contribution is -2.35. The lowest BCUT2D eigenvalue weighted by atomic mass is 9.92. The molecule has 1 amide bonds. The second-order valence-corrected chi connectivity index (χ2v) is 4.98. The quantitative estimate of drug-likeness (QED) is 0.850. The van der Waals surface area contributed by atoms with Crippen molar-refractivity contribution in [3.05, 3.63) is 29.8 Å². The van der Waals surface area contributed by atoms with Crippen LogP contribution in [0.1, 0.15) is 37.7 Å². The van der Waals surface area contributed by atoms with Crippen LogP contribution < -0.4 is 15.8 Å². The summed E-state index contributed by atoms with van der Waals surface area (Å²) in [6.07, 6.45) is 2.51. The molecule has 1 aromatic rings. The van der Waals surface area contributed by atoms with Crippen molar-refractivity contribution in [3.8, 4) is 5.75 Å². The molecular formula is C15H22N2O2. The van der Waals surface area contributed by atoms with Crippen LogP contribution in [0.25, 0.3) is 0 Å². The SMILES string of the molecule is CCC(N)CCNC(=O)C1CCOc2ccccc21. The van der Waals surface area contributed by atoms with Gasteiger partial charge in [0.15, 0.2) is 0 Å². The maximum absolute atomic E-state index is 12.2. The number of benzene rings is 1. The molecule has 0 spiro atoms. The van der Waals surface area contributed by atoms with E-state index in [4.69, 9.17) is 10.5 Å². The highest BCUT2D eigenvalue weighted by atomic mass is 16.5. The molecular weight excluding hydrogens is 240 g/mol. The smallest absolute Gasteiger partial charge is 0.227 e. The van der Waals surface area contributed by atoms with Crippen LogP contribution in [0.3, 0.4) is 0 Å². The van der Waals surface area contributed by atoms with E-state index in [0.717, 1.165) is 30.6 Å². The van der Waals surface area contributed by atoms with Gasteiger partial charge in [0.1, 0.15) is 5.75 Å². The van der Waals surface area contributed by atoms with Crippen molar-refractivity contribution in [3.63, 3.8) is 0 Å². The summed E-state index contributed by atoms with van der Waals surface area (Å²) in [7, 11) is 0. The first-order valence-electron chi connectivity index (χ1n) is 6.97. The second kappa shape index (κ2) is 6.57. The van der Waals surface area contributed by atoms with Gasteiger partial charge in [0.2, 0.25) is 5.91 Å². The fourth-order valence-corrected chi connectivity index (χ4v) is 2.32. The molecule has 0 aliphatic carbocycles. The summed E-state index contributed by atoms with van der Waals surface area (Å²) >= 11 is 0. The van der Waals surface area contributed by atoms with Gasteiger partial charge >= 0.3 is 0 Å². The third-order valence-corrected chi connectivity index (χ3v) is 3.61. The third-order valence-electron chi connectivity index (χ3n) is 3.61. The average Bonchev–Trinajstić information content (AvgIpc) is 2.46. The van der Waals surface area contributed by atoms with Gasteiger partial charge in [-0.1, -0.05) is 25.1 Å². The predicted octanol–water partition coefficient (Wildman–Crippen LogP) is 1.80. The highest BCUT2D eigenvalue weighted by molar-refractivity contribution is 5.84. The van der Waals surface area contributed by atoms with E-state index in [2.05, 4.69) is 12.2 Å². The molecule has 4 nitrogen and oxygen atoms in total. The summed E-state index contributed by atoms with van der Waals surface area (Å²) in [6.45, 7) is 3.30. The number of fused-ring (bicyclic) bond motifs is 1. The summed E-state index contributed by atoms with van der Waals surface area (Å²) < 4.78 is 5.56. The summed E-state index contributed by atoms with van der Waals surface area (Å²) in [5.74, 6) is 0.820. The first-order valence-corrected chi connectivity index (χ1v) is 6.97. The fraction of sp³-hybridized carbons (Fsp3) is 0.533. The first kappa shape index (κ1) is 13.9. The fourth-order valence-electron chi connectivity index (χ4n) is 2.32. The van der Waals surface area contributed by atoms with Crippen LogP contribution in [0.2, 0.25) is 0 Å². The number of hydrogen-bond acceptors (Lipinski definition) is 3. The Morgan fingerprint density at radius 3 is 3.11 bits per heavy atom. The minimum Gasteiger partial charge on any atom is -0.493 e. The zero-order valence-corrected chi connectivity index (χ0v) is 11.4. The first-order chi connectivity index (χ1) is 9.22. The van der Waals surface area contributed by atoms with Gasteiger partial charge in [0, 0.05) is 18.2 Å². The Morgan fingerprint density at radius 1 is 1.53 bits per heavy atom. The highest BCUT2D eigenvalue weighted by Crippen LogP contribution is 2.33. The van der Waals surface area contributed by atoms with E-state index >= 15 is 0 Å². The number of carbonyl (C=O) groups excluding carboxylic acids is 1. The largest absolute Gasteiger partial charge is 0.493 e. The lowest BCUT2D eigenvalue weighted by Gasteiger charge is -2.25. The molecule has 4 heteroatoms. The molecule has 0 fully saturated rings. The third kappa shape index (κ3) is 3.47. The summed E-state index contributed by atoms with van der Waals surface area (Å²) in [4.78, 5) is 12.2. The molecule has 1 heterocycles. The molecule has 104 valence electrons. The van der Waals surface area contributed by atoms with Crippen molar-refractivity contribution in [1.82, 2.24) is 5.32 Å². The number of para-hydroxylation sites is 1. The van der Waals surface area contributed by atoms with Crippen LogP contribution in [-0.4, -0.2) is 25.1 Å². The summed E-state index contributed by atoms with van der Waals surface area (Å²) in [6, 6.07) is 7.93. The maximum Gasteiger partial charge on any atom is 0.227 e. The van der Waals surface area contributed by atoms with Crippen LogP contribution in [0.4, 0.5) is 0 Å². The van der Waals surface area contributed by atoms with Crippen LogP contribution in [0, 0.1) is 0 Å². The van der Waals surface area contributed by atoms with Gasteiger partial charge in [0.25, 0.3) is 0 Å². The molecule has 3 N–H and O–H groups in total. The standard InChI is InChI=1S/C15H22N2O2/c1-2-11(16)7-9-17-15(18)13-8-10-19-14-6-4-3-5-12(13)14/h3-6,11,13H,2,7-10,16H2,1H3,(H,17,18). The number of amides is 1. The molecule has 0 radical (unpaired) electrons. The normalized spacial score (nSPS) is 19.2. The number of ether oxygens (including phenoxy) is 1. The van der Waals surface area contributed by atoms with Gasteiger partial charge in [-0.05, 0) is 25.3 Å². The van der Waals surface area contributed by atoms with Crippen molar-refractivity contribution >= 4 is 5.91 Å². The molecule has 2 atom stereocenters.